The van der Waals surface area contributed by atoms with Crippen molar-refractivity contribution in [1.29, 1.82) is 0 Å². The molecule has 0 fully saturated rings. The molecule has 0 unspecified atom stereocenters. The molecule has 7 heteroatoms. The first-order chi connectivity index (χ1) is 10.0. The lowest BCUT2D eigenvalue weighted by Gasteiger charge is -2.06. The second-order valence-corrected chi connectivity index (χ2v) is 5.06. The van der Waals surface area contributed by atoms with Crippen molar-refractivity contribution in [2.24, 2.45) is 7.05 Å². The maximum absolute atomic E-state index is 4.43. The first-order valence-corrected chi connectivity index (χ1v) is 6.66. The van der Waals surface area contributed by atoms with Gasteiger partial charge in [0.1, 0.15) is 12.1 Å². The molecule has 0 aromatic carbocycles. The first-order valence-electron chi connectivity index (χ1n) is 6.66. The van der Waals surface area contributed by atoms with Gasteiger partial charge in [0, 0.05) is 30.6 Å². The standard InChI is InChI=1S/C14H17N7/c1-9-7-20(4)19-14(9)17-12-6-13(16-8-15-12)21-11(3)5-10(2)18-21/h5-8H,1-4H3,(H,15,16,17,19). The van der Waals surface area contributed by atoms with Gasteiger partial charge in [-0.05, 0) is 26.8 Å². The number of hydrogen-bond acceptors (Lipinski definition) is 5. The fraction of sp³-hybridized carbons (Fsp3) is 0.286. The third kappa shape index (κ3) is 2.62. The van der Waals surface area contributed by atoms with Crippen LogP contribution in [0.3, 0.4) is 0 Å². The molecule has 0 aliphatic heterocycles. The van der Waals surface area contributed by atoms with Crippen molar-refractivity contribution in [3.63, 3.8) is 0 Å². The van der Waals surface area contributed by atoms with E-state index in [4.69, 9.17) is 0 Å². The average molecular weight is 283 g/mol. The minimum atomic E-state index is 0.689. The van der Waals surface area contributed by atoms with E-state index in [1.807, 2.05) is 46.1 Å². The van der Waals surface area contributed by atoms with Crippen LogP contribution in [0.5, 0.6) is 0 Å². The van der Waals surface area contributed by atoms with E-state index in [-0.39, 0.29) is 0 Å². The maximum Gasteiger partial charge on any atom is 0.159 e. The molecule has 7 nitrogen and oxygen atoms in total. The maximum atomic E-state index is 4.43. The Kier molecular flexibility index (Phi) is 3.17. The summed E-state index contributed by atoms with van der Waals surface area (Å²) in [4.78, 5) is 8.51. The van der Waals surface area contributed by atoms with E-state index in [0.717, 1.165) is 28.6 Å². The van der Waals surface area contributed by atoms with Crippen LogP contribution in [-0.4, -0.2) is 29.5 Å². The number of nitrogens with zero attached hydrogens (tertiary/aromatic N) is 6. The van der Waals surface area contributed by atoms with E-state index >= 15 is 0 Å². The molecule has 0 saturated heterocycles. The zero-order valence-electron chi connectivity index (χ0n) is 12.5. The molecule has 0 radical (unpaired) electrons. The van der Waals surface area contributed by atoms with E-state index in [9.17, 15) is 0 Å². The van der Waals surface area contributed by atoms with E-state index in [1.54, 1.807) is 9.36 Å². The molecule has 0 aliphatic carbocycles. The van der Waals surface area contributed by atoms with Crippen LogP contribution in [-0.2, 0) is 7.05 Å². The van der Waals surface area contributed by atoms with Crippen molar-refractivity contribution < 1.29 is 0 Å². The van der Waals surface area contributed by atoms with Crippen molar-refractivity contribution in [2.75, 3.05) is 5.32 Å². The Morgan fingerprint density at radius 2 is 1.86 bits per heavy atom. The lowest BCUT2D eigenvalue weighted by molar-refractivity contribution is 0.770. The van der Waals surface area contributed by atoms with Crippen LogP contribution in [0.15, 0.2) is 24.7 Å². The Labute approximate surface area is 122 Å². The SMILES string of the molecule is Cc1cc(C)n(-c2cc(Nc3nn(C)cc3C)ncn2)n1. The van der Waals surface area contributed by atoms with Crippen molar-refractivity contribution in [2.45, 2.75) is 20.8 Å². The van der Waals surface area contributed by atoms with Crippen LogP contribution in [0, 0.1) is 20.8 Å². The molecular formula is C14H17N7. The smallest absolute Gasteiger partial charge is 0.159 e. The van der Waals surface area contributed by atoms with Gasteiger partial charge < -0.3 is 5.32 Å². The fourth-order valence-corrected chi connectivity index (χ4v) is 2.24. The summed E-state index contributed by atoms with van der Waals surface area (Å²) < 4.78 is 3.56. The minimum absolute atomic E-state index is 0.689. The Morgan fingerprint density at radius 1 is 1.05 bits per heavy atom. The summed E-state index contributed by atoms with van der Waals surface area (Å²) in [5.74, 6) is 2.21. The van der Waals surface area contributed by atoms with Crippen LogP contribution in [0.1, 0.15) is 17.0 Å². The van der Waals surface area contributed by atoms with Gasteiger partial charge in [-0.2, -0.15) is 10.2 Å². The highest BCUT2D eigenvalue weighted by atomic mass is 15.3. The van der Waals surface area contributed by atoms with Crippen molar-refractivity contribution in [3.05, 3.63) is 41.6 Å². The number of aromatic nitrogens is 6. The van der Waals surface area contributed by atoms with Crippen LogP contribution in [0.2, 0.25) is 0 Å². The Bertz CT molecular complexity index is 784. The Morgan fingerprint density at radius 3 is 2.48 bits per heavy atom. The molecule has 21 heavy (non-hydrogen) atoms. The fourth-order valence-electron chi connectivity index (χ4n) is 2.24. The predicted molar refractivity (Wildman–Crippen MR) is 79.9 cm³/mol. The van der Waals surface area contributed by atoms with Crippen molar-refractivity contribution in [1.82, 2.24) is 29.5 Å². The summed E-state index contributed by atoms with van der Waals surface area (Å²) in [5, 5.41) is 12.0. The first kappa shape index (κ1) is 13.3. The number of hydrogen-bond donors (Lipinski definition) is 1. The zero-order valence-corrected chi connectivity index (χ0v) is 12.5. The van der Waals surface area contributed by atoms with E-state index in [1.165, 1.54) is 6.33 Å². The van der Waals surface area contributed by atoms with E-state index in [0.29, 0.717) is 5.82 Å². The van der Waals surface area contributed by atoms with Gasteiger partial charge in [-0.3, -0.25) is 4.68 Å². The summed E-state index contributed by atoms with van der Waals surface area (Å²) in [6, 6.07) is 3.87. The van der Waals surface area contributed by atoms with Crippen LogP contribution < -0.4 is 5.32 Å². The topological polar surface area (TPSA) is 73.5 Å². The van der Waals surface area contributed by atoms with E-state index in [2.05, 4.69) is 25.5 Å². The summed E-state index contributed by atoms with van der Waals surface area (Å²) >= 11 is 0. The molecule has 3 aromatic rings. The van der Waals surface area contributed by atoms with Gasteiger partial charge >= 0.3 is 0 Å². The van der Waals surface area contributed by atoms with Gasteiger partial charge in [0.2, 0.25) is 0 Å². The molecule has 0 atom stereocenters. The molecule has 0 amide bonds. The molecule has 0 spiro atoms. The second-order valence-electron chi connectivity index (χ2n) is 5.06. The third-order valence-electron chi connectivity index (χ3n) is 3.14. The van der Waals surface area contributed by atoms with Gasteiger partial charge in [0.05, 0.1) is 5.69 Å². The number of anilines is 2. The van der Waals surface area contributed by atoms with Crippen LogP contribution in [0.4, 0.5) is 11.6 Å². The lowest BCUT2D eigenvalue weighted by Crippen LogP contribution is -2.04. The summed E-state index contributed by atoms with van der Waals surface area (Å²) in [5.41, 5.74) is 3.05. The van der Waals surface area contributed by atoms with Gasteiger partial charge in [-0.15, -0.1) is 0 Å². The van der Waals surface area contributed by atoms with Crippen molar-refractivity contribution >= 4 is 11.6 Å². The number of aryl methyl sites for hydroxylation is 4. The predicted octanol–water partition coefficient (Wildman–Crippen LogP) is 2.06. The molecule has 0 bridgehead atoms. The summed E-state index contributed by atoms with van der Waals surface area (Å²) in [6.45, 7) is 5.96. The van der Waals surface area contributed by atoms with E-state index < -0.39 is 0 Å². The zero-order chi connectivity index (χ0) is 15.0. The number of nitrogens with one attached hydrogen (secondary N) is 1. The van der Waals surface area contributed by atoms with Gasteiger partial charge in [0.15, 0.2) is 11.6 Å². The average Bonchev–Trinajstić information content (AvgIpc) is 2.92. The third-order valence-corrected chi connectivity index (χ3v) is 3.14. The highest BCUT2D eigenvalue weighted by molar-refractivity contribution is 5.56. The quantitative estimate of drug-likeness (QED) is 0.796. The molecule has 1 N–H and O–H groups in total. The van der Waals surface area contributed by atoms with Crippen LogP contribution in [0.25, 0.3) is 5.82 Å². The molecule has 3 aromatic heterocycles. The normalized spacial score (nSPS) is 10.9. The Hall–Kier alpha value is -2.70. The molecule has 0 saturated carbocycles. The molecule has 3 heterocycles. The number of rotatable bonds is 3. The van der Waals surface area contributed by atoms with Gasteiger partial charge in [0.25, 0.3) is 0 Å². The molecule has 3 rings (SSSR count). The Balaban J connectivity index is 1.93. The van der Waals surface area contributed by atoms with Crippen molar-refractivity contribution in [3.8, 4) is 5.82 Å². The van der Waals surface area contributed by atoms with Gasteiger partial charge in [-0.25, -0.2) is 14.6 Å². The molecule has 0 aliphatic rings. The monoisotopic (exact) mass is 283 g/mol. The minimum Gasteiger partial charge on any atom is -0.323 e. The van der Waals surface area contributed by atoms with Crippen LogP contribution >= 0.6 is 0 Å². The highest BCUT2D eigenvalue weighted by Crippen LogP contribution is 2.18. The summed E-state index contributed by atoms with van der Waals surface area (Å²) in [7, 11) is 1.89. The highest BCUT2D eigenvalue weighted by Gasteiger charge is 2.08. The summed E-state index contributed by atoms with van der Waals surface area (Å²) in [6.07, 6.45) is 3.47. The molecule has 108 valence electrons. The second kappa shape index (κ2) is 5.01. The molecular weight excluding hydrogens is 266 g/mol. The van der Waals surface area contributed by atoms with Gasteiger partial charge in [-0.1, -0.05) is 0 Å². The largest absolute Gasteiger partial charge is 0.323 e. The lowest BCUT2D eigenvalue weighted by atomic mass is 10.3.